The van der Waals surface area contributed by atoms with E-state index in [2.05, 4.69) is 46.8 Å². The number of pyridine rings is 1. The first kappa shape index (κ1) is 20.0. The van der Waals surface area contributed by atoms with E-state index in [0.29, 0.717) is 5.56 Å². The Morgan fingerprint density at radius 1 is 1.08 bits per heavy atom. The molecule has 2 N–H and O–H groups in total. The maximum atomic E-state index is 12.1. The number of carbonyl (C=O) groups is 1. The van der Waals surface area contributed by atoms with Crippen molar-refractivity contribution in [3.05, 3.63) is 51.7 Å². The first-order valence-electron chi connectivity index (χ1n) is 9.02. The summed E-state index contributed by atoms with van der Waals surface area (Å²) in [6, 6.07) is 5.95. The van der Waals surface area contributed by atoms with Crippen LogP contribution >= 0.6 is 0 Å². The summed E-state index contributed by atoms with van der Waals surface area (Å²) >= 11 is 0. The van der Waals surface area contributed by atoms with Crippen LogP contribution in [-0.2, 0) is 5.41 Å². The molecule has 1 aromatic heterocycles. The minimum atomic E-state index is -0.530. The van der Waals surface area contributed by atoms with Crippen LogP contribution in [0.1, 0.15) is 78.8 Å². The molecule has 140 valence electrons. The quantitative estimate of drug-likeness (QED) is 0.808. The van der Waals surface area contributed by atoms with Crippen molar-refractivity contribution in [3.63, 3.8) is 0 Å². The topological polar surface area (TPSA) is 65.2 Å². The van der Waals surface area contributed by atoms with Gasteiger partial charge in [0.25, 0.3) is 5.91 Å². The predicted octanol–water partition coefficient (Wildman–Crippen LogP) is 5.32. The van der Waals surface area contributed by atoms with Crippen LogP contribution in [0.5, 0.6) is 11.6 Å². The number of aryl methyl sites for hydroxylation is 3. The van der Waals surface area contributed by atoms with E-state index < -0.39 is 5.91 Å². The SMILES string of the molecule is Cc1cc(C)c(Oc2nc(C(C)(C)C)c(C(C)C)cc2C(N)=O)c(C)c1. The number of nitrogens with zero attached hydrogens (tertiary/aromatic N) is 1. The van der Waals surface area contributed by atoms with Gasteiger partial charge in [-0.05, 0) is 49.4 Å². The van der Waals surface area contributed by atoms with E-state index in [-0.39, 0.29) is 17.2 Å². The summed E-state index contributed by atoms with van der Waals surface area (Å²) < 4.78 is 6.15. The van der Waals surface area contributed by atoms with Gasteiger partial charge in [0.15, 0.2) is 0 Å². The lowest BCUT2D eigenvalue weighted by molar-refractivity contribution is 0.0997. The summed E-state index contributed by atoms with van der Waals surface area (Å²) in [4.78, 5) is 16.8. The highest BCUT2D eigenvalue weighted by atomic mass is 16.5. The number of amides is 1. The van der Waals surface area contributed by atoms with Crippen LogP contribution in [0.4, 0.5) is 0 Å². The number of hydrogen-bond acceptors (Lipinski definition) is 3. The second kappa shape index (κ2) is 7.10. The molecule has 2 aromatic rings. The lowest BCUT2D eigenvalue weighted by atomic mass is 9.84. The summed E-state index contributed by atoms with van der Waals surface area (Å²) in [5.74, 6) is 0.702. The van der Waals surface area contributed by atoms with Gasteiger partial charge in [0.1, 0.15) is 11.3 Å². The second-order valence-electron chi connectivity index (χ2n) is 8.38. The third-order valence-corrected chi connectivity index (χ3v) is 4.42. The van der Waals surface area contributed by atoms with Crippen molar-refractivity contribution in [1.82, 2.24) is 4.98 Å². The number of hydrogen-bond donors (Lipinski definition) is 1. The van der Waals surface area contributed by atoms with Crippen molar-refractivity contribution in [2.45, 2.75) is 66.7 Å². The van der Waals surface area contributed by atoms with Gasteiger partial charge in [-0.1, -0.05) is 52.3 Å². The van der Waals surface area contributed by atoms with Crippen LogP contribution < -0.4 is 10.5 Å². The average molecular weight is 354 g/mol. The van der Waals surface area contributed by atoms with Crippen LogP contribution in [0.25, 0.3) is 0 Å². The number of ether oxygens (including phenoxy) is 1. The Bertz CT molecular complexity index is 823. The molecule has 1 heterocycles. The molecular weight excluding hydrogens is 324 g/mol. The Labute approximate surface area is 156 Å². The maximum Gasteiger partial charge on any atom is 0.254 e. The van der Waals surface area contributed by atoms with Gasteiger partial charge in [-0.25, -0.2) is 4.98 Å². The molecule has 0 radical (unpaired) electrons. The number of primary amides is 1. The van der Waals surface area contributed by atoms with E-state index in [1.54, 1.807) is 0 Å². The molecule has 0 fully saturated rings. The number of benzene rings is 1. The van der Waals surface area contributed by atoms with E-state index >= 15 is 0 Å². The summed E-state index contributed by atoms with van der Waals surface area (Å²) in [6.45, 7) is 16.5. The van der Waals surface area contributed by atoms with Gasteiger partial charge >= 0.3 is 0 Å². The fourth-order valence-electron chi connectivity index (χ4n) is 3.23. The van der Waals surface area contributed by atoms with E-state index in [1.165, 1.54) is 5.56 Å². The normalized spacial score (nSPS) is 11.7. The van der Waals surface area contributed by atoms with Crippen molar-refractivity contribution in [2.24, 2.45) is 5.73 Å². The zero-order valence-electron chi connectivity index (χ0n) is 17.2. The van der Waals surface area contributed by atoms with E-state index in [4.69, 9.17) is 15.5 Å². The first-order valence-corrected chi connectivity index (χ1v) is 9.02. The van der Waals surface area contributed by atoms with E-state index in [0.717, 1.165) is 28.1 Å². The van der Waals surface area contributed by atoms with Crippen molar-refractivity contribution >= 4 is 5.91 Å². The molecule has 2 rings (SSSR count). The second-order valence-corrected chi connectivity index (χ2v) is 8.38. The average Bonchev–Trinajstić information content (AvgIpc) is 2.48. The van der Waals surface area contributed by atoms with Gasteiger partial charge < -0.3 is 10.5 Å². The molecule has 1 amide bonds. The molecular formula is C22H30N2O2. The molecule has 0 bridgehead atoms. The van der Waals surface area contributed by atoms with Crippen molar-refractivity contribution < 1.29 is 9.53 Å². The fraction of sp³-hybridized carbons (Fsp3) is 0.455. The van der Waals surface area contributed by atoms with Crippen LogP contribution in [0.2, 0.25) is 0 Å². The number of aromatic nitrogens is 1. The molecule has 0 spiro atoms. The van der Waals surface area contributed by atoms with Gasteiger partial charge in [0.05, 0.1) is 5.69 Å². The predicted molar refractivity (Wildman–Crippen MR) is 106 cm³/mol. The maximum absolute atomic E-state index is 12.1. The van der Waals surface area contributed by atoms with Crippen LogP contribution in [0, 0.1) is 20.8 Å². The van der Waals surface area contributed by atoms with Gasteiger partial charge in [-0.2, -0.15) is 0 Å². The van der Waals surface area contributed by atoms with E-state index in [1.807, 2.05) is 26.8 Å². The Morgan fingerprint density at radius 2 is 1.62 bits per heavy atom. The Kier molecular flexibility index (Phi) is 5.45. The monoisotopic (exact) mass is 354 g/mol. The highest BCUT2D eigenvalue weighted by molar-refractivity contribution is 5.95. The molecule has 0 atom stereocenters. The standard InChI is InChI=1S/C22H30N2O2/c1-12(2)16-11-17(20(23)25)21(24-19(16)22(6,7)8)26-18-14(4)9-13(3)10-15(18)5/h9-12H,1-8H3,(H2,23,25). The summed E-state index contributed by atoms with van der Waals surface area (Å²) in [7, 11) is 0. The largest absolute Gasteiger partial charge is 0.438 e. The lowest BCUT2D eigenvalue weighted by Gasteiger charge is -2.25. The van der Waals surface area contributed by atoms with Gasteiger partial charge in [-0.15, -0.1) is 0 Å². The van der Waals surface area contributed by atoms with Crippen LogP contribution in [0.15, 0.2) is 18.2 Å². The number of nitrogens with two attached hydrogens (primary N) is 1. The smallest absolute Gasteiger partial charge is 0.254 e. The van der Waals surface area contributed by atoms with E-state index in [9.17, 15) is 4.79 Å². The molecule has 26 heavy (non-hydrogen) atoms. The molecule has 0 aliphatic heterocycles. The van der Waals surface area contributed by atoms with Gasteiger partial charge in [0, 0.05) is 5.41 Å². The highest BCUT2D eigenvalue weighted by Crippen LogP contribution is 2.36. The zero-order chi connectivity index (χ0) is 19.8. The molecule has 0 saturated carbocycles. The third-order valence-electron chi connectivity index (χ3n) is 4.42. The third kappa shape index (κ3) is 4.06. The Hall–Kier alpha value is -2.36. The Morgan fingerprint density at radius 3 is 2.04 bits per heavy atom. The minimum absolute atomic E-state index is 0.175. The highest BCUT2D eigenvalue weighted by Gasteiger charge is 2.26. The van der Waals surface area contributed by atoms with Crippen molar-refractivity contribution in [2.75, 3.05) is 0 Å². The lowest BCUT2D eigenvalue weighted by Crippen LogP contribution is -2.21. The molecule has 0 aliphatic rings. The minimum Gasteiger partial charge on any atom is -0.438 e. The van der Waals surface area contributed by atoms with Crippen molar-refractivity contribution in [3.8, 4) is 11.6 Å². The first-order chi connectivity index (χ1) is 11.9. The number of rotatable bonds is 4. The summed E-state index contributed by atoms with van der Waals surface area (Å²) in [5.41, 5.74) is 10.9. The molecule has 4 nitrogen and oxygen atoms in total. The molecule has 0 unspecified atom stereocenters. The van der Waals surface area contributed by atoms with Crippen LogP contribution in [-0.4, -0.2) is 10.9 Å². The fourth-order valence-corrected chi connectivity index (χ4v) is 3.23. The zero-order valence-corrected chi connectivity index (χ0v) is 17.2. The molecule has 1 aromatic carbocycles. The van der Waals surface area contributed by atoms with Crippen LogP contribution in [0.3, 0.4) is 0 Å². The summed E-state index contributed by atoms with van der Waals surface area (Å²) in [6.07, 6.45) is 0. The van der Waals surface area contributed by atoms with Gasteiger partial charge in [-0.3, -0.25) is 4.79 Å². The van der Waals surface area contributed by atoms with Gasteiger partial charge in [0.2, 0.25) is 5.88 Å². The summed E-state index contributed by atoms with van der Waals surface area (Å²) in [5, 5.41) is 0. The molecule has 0 aliphatic carbocycles. The van der Waals surface area contributed by atoms with Crippen molar-refractivity contribution in [1.29, 1.82) is 0 Å². The molecule has 4 heteroatoms. The number of carbonyl (C=O) groups excluding carboxylic acids is 1. The Balaban J connectivity index is 2.70. The molecule has 0 saturated heterocycles.